The first-order valence-corrected chi connectivity index (χ1v) is 7.93. The van der Waals surface area contributed by atoms with Crippen molar-refractivity contribution < 1.29 is 9.59 Å². The minimum absolute atomic E-state index is 0.246. The maximum atomic E-state index is 12.0. The predicted molar refractivity (Wildman–Crippen MR) is 86.4 cm³/mol. The van der Waals surface area contributed by atoms with E-state index in [1.165, 1.54) is 5.56 Å². The lowest BCUT2D eigenvalue weighted by Crippen LogP contribution is -2.45. The highest BCUT2D eigenvalue weighted by Crippen LogP contribution is 2.31. The summed E-state index contributed by atoms with van der Waals surface area (Å²) in [5.41, 5.74) is 1.23. The molecule has 5 heteroatoms. The Bertz CT molecular complexity index is 502. The van der Waals surface area contributed by atoms with Crippen molar-refractivity contribution in [1.29, 1.82) is 0 Å². The van der Waals surface area contributed by atoms with Crippen molar-refractivity contribution >= 4 is 11.9 Å². The van der Waals surface area contributed by atoms with E-state index in [2.05, 4.69) is 27.7 Å². The summed E-state index contributed by atoms with van der Waals surface area (Å²) in [5, 5.41) is 5.09. The Kier molecular flexibility index (Phi) is 5.95. The number of likely N-dealkylation sites (tertiary alicyclic amines) is 1. The SMILES string of the molecule is CC(C)CNC(=O)NC(=O)CN1CCC[C@@H]1c1ccccc1. The molecule has 1 aliphatic heterocycles. The first-order valence-electron chi connectivity index (χ1n) is 7.93. The molecule has 1 aliphatic rings. The number of nitrogens with zero attached hydrogens (tertiary/aromatic N) is 1. The summed E-state index contributed by atoms with van der Waals surface area (Å²) in [4.78, 5) is 25.8. The first-order chi connectivity index (χ1) is 10.6. The molecular formula is C17H25N3O2. The van der Waals surface area contributed by atoms with Gasteiger partial charge in [-0.2, -0.15) is 0 Å². The second-order valence-electron chi connectivity index (χ2n) is 6.19. The van der Waals surface area contributed by atoms with E-state index >= 15 is 0 Å². The fraction of sp³-hybridized carbons (Fsp3) is 0.529. The van der Waals surface area contributed by atoms with Gasteiger partial charge in [0.05, 0.1) is 6.54 Å². The zero-order valence-corrected chi connectivity index (χ0v) is 13.3. The summed E-state index contributed by atoms with van der Waals surface area (Å²) in [7, 11) is 0. The quantitative estimate of drug-likeness (QED) is 0.877. The molecule has 1 fully saturated rings. The van der Waals surface area contributed by atoms with Crippen molar-refractivity contribution in [3.8, 4) is 0 Å². The Morgan fingerprint density at radius 1 is 1.27 bits per heavy atom. The van der Waals surface area contributed by atoms with Crippen LogP contribution < -0.4 is 10.6 Å². The van der Waals surface area contributed by atoms with E-state index in [1.54, 1.807) is 0 Å². The second-order valence-corrected chi connectivity index (χ2v) is 6.19. The first kappa shape index (κ1) is 16.5. The Balaban J connectivity index is 1.84. The van der Waals surface area contributed by atoms with Gasteiger partial charge in [0.1, 0.15) is 0 Å². The number of hydrogen-bond acceptors (Lipinski definition) is 3. The van der Waals surface area contributed by atoms with Gasteiger partial charge < -0.3 is 5.32 Å². The highest BCUT2D eigenvalue weighted by atomic mass is 16.2. The van der Waals surface area contributed by atoms with Gasteiger partial charge in [-0.3, -0.25) is 15.0 Å². The van der Waals surface area contributed by atoms with E-state index in [0.29, 0.717) is 12.5 Å². The van der Waals surface area contributed by atoms with Gasteiger partial charge in [0.2, 0.25) is 5.91 Å². The van der Waals surface area contributed by atoms with Crippen molar-refractivity contribution in [3.63, 3.8) is 0 Å². The average Bonchev–Trinajstić information content (AvgIpc) is 2.94. The van der Waals surface area contributed by atoms with Gasteiger partial charge in [-0.25, -0.2) is 4.79 Å². The molecule has 2 rings (SSSR count). The minimum atomic E-state index is -0.408. The van der Waals surface area contributed by atoms with Crippen LogP contribution in [-0.2, 0) is 4.79 Å². The number of carbonyl (C=O) groups is 2. The van der Waals surface area contributed by atoms with Crippen molar-refractivity contribution in [1.82, 2.24) is 15.5 Å². The molecule has 0 saturated carbocycles. The molecule has 1 aromatic rings. The van der Waals surface area contributed by atoms with Crippen molar-refractivity contribution in [2.24, 2.45) is 5.92 Å². The fourth-order valence-electron chi connectivity index (χ4n) is 2.76. The van der Waals surface area contributed by atoms with Crippen LogP contribution in [0.5, 0.6) is 0 Å². The maximum Gasteiger partial charge on any atom is 0.321 e. The minimum Gasteiger partial charge on any atom is -0.338 e. The lowest BCUT2D eigenvalue weighted by Gasteiger charge is -2.24. The normalized spacial score (nSPS) is 18.4. The summed E-state index contributed by atoms with van der Waals surface area (Å²) in [6.07, 6.45) is 2.13. The Hall–Kier alpha value is -1.88. The third kappa shape index (κ3) is 4.84. The second kappa shape index (κ2) is 7.94. The van der Waals surface area contributed by atoms with E-state index in [0.717, 1.165) is 19.4 Å². The zero-order chi connectivity index (χ0) is 15.9. The Labute approximate surface area is 132 Å². The molecule has 1 aromatic carbocycles. The van der Waals surface area contributed by atoms with Crippen LogP contribution in [-0.4, -0.2) is 36.5 Å². The largest absolute Gasteiger partial charge is 0.338 e. The molecule has 0 aromatic heterocycles. The van der Waals surface area contributed by atoms with Crippen LogP contribution in [0.4, 0.5) is 4.79 Å². The molecule has 0 spiro atoms. The van der Waals surface area contributed by atoms with Gasteiger partial charge in [0.15, 0.2) is 0 Å². The molecule has 0 bridgehead atoms. The number of nitrogens with one attached hydrogen (secondary N) is 2. The van der Waals surface area contributed by atoms with E-state index < -0.39 is 6.03 Å². The number of rotatable bonds is 5. The molecule has 0 radical (unpaired) electrons. The molecular weight excluding hydrogens is 278 g/mol. The number of hydrogen-bond donors (Lipinski definition) is 2. The van der Waals surface area contributed by atoms with Crippen LogP contribution in [0.3, 0.4) is 0 Å². The van der Waals surface area contributed by atoms with Gasteiger partial charge in [-0.05, 0) is 30.9 Å². The van der Waals surface area contributed by atoms with E-state index in [-0.39, 0.29) is 18.5 Å². The van der Waals surface area contributed by atoms with Crippen LogP contribution in [0.2, 0.25) is 0 Å². The zero-order valence-electron chi connectivity index (χ0n) is 13.3. The third-order valence-corrected chi connectivity index (χ3v) is 3.82. The summed E-state index contributed by atoms with van der Waals surface area (Å²) in [5.74, 6) is 0.117. The number of urea groups is 1. The van der Waals surface area contributed by atoms with Crippen LogP contribution >= 0.6 is 0 Å². The molecule has 3 amide bonds. The average molecular weight is 303 g/mol. The third-order valence-electron chi connectivity index (χ3n) is 3.82. The molecule has 1 heterocycles. The maximum absolute atomic E-state index is 12.0. The summed E-state index contributed by atoms with van der Waals surface area (Å²) in [6, 6.07) is 10.1. The van der Waals surface area contributed by atoms with E-state index in [1.807, 2.05) is 32.0 Å². The number of imide groups is 1. The van der Waals surface area contributed by atoms with Crippen LogP contribution in [0.15, 0.2) is 30.3 Å². The fourth-order valence-corrected chi connectivity index (χ4v) is 2.76. The monoisotopic (exact) mass is 303 g/mol. The highest BCUT2D eigenvalue weighted by Gasteiger charge is 2.27. The van der Waals surface area contributed by atoms with Gasteiger partial charge >= 0.3 is 6.03 Å². The summed E-state index contributed by atoms with van der Waals surface area (Å²) in [6.45, 7) is 5.73. The molecule has 2 N–H and O–H groups in total. The van der Waals surface area contributed by atoms with E-state index in [4.69, 9.17) is 0 Å². The van der Waals surface area contributed by atoms with Gasteiger partial charge in [0.25, 0.3) is 0 Å². The Morgan fingerprint density at radius 2 is 2.00 bits per heavy atom. The van der Waals surface area contributed by atoms with Crippen LogP contribution in [0.25, 0.3) is 0 Å². The molecule has 5 nitrogen and oxygen atoms in total. The van der Waals surface area contributed by atoms with Crippen molar-refractivity contribution in [3.05, 3.63) is 35.9 Å². The summed E-state index contributed by atoms with van der Waals surface area (Å²) < 4.78 is 0. The molecule has 0 aliphatic carbocycles. The van der Waals surface area contributed by atoms with Crippen molar-refractivity contribution in [2.45, 2.75) is 32.7 Å². The number of benzene rings is 1. The van der Waals surface area contributed by atoms with Gasteiger partial charge in [0, 0.05) is 12.6 Å². The Morgan fingerprint density at radius 3 is 2.68 bits per heavy atom. The van der Waals surface area contributed by atoms with Crippen molar-refractivity contribution in [2.75, 3.05) is 19.6 Å². The standard InChI is InChI=1S/C17H25N3O2/c1-13(2)11-18-17(22)19-16(21)12-20-10-6-9-15(20)14-7-4-3-5-8-14/h3-5,7-8,13,15H,6,9-12H2,1-2H3,(H2,18,19,21,22)/t15-/m1/s1. The topological polar surface area (TPSA) is 61.4 Å². The van der Waals surface area contributed by atoms with E-state index in [9.17, 15) is 9.59 Å². The molecule has 1 atom stereocenters. The smallest absolute Gasteiger partial charge is 0.321 e. The predicted octanol–water partition coefficient (Wildman–Crippen LogP) is 2.31. The highest BCUT2D eigenvalue weighted by molar-refractivity contribution is 5.95. The van der Waals surface area contributed by atoms with Crippen LogP contribution in [0.1, 0.15) is 38.3 Å². The lowest BCUT2D eigenvalue weighted by molar-refractivity contribution is -0.121. The molecule has 120 valence electrons. The molecule has 1 saturated heterocycles. The van der Waals surface area contributed by atoms with Crippen LogP contribution in [0, 0.1) is 5.92 Å². The molecule has 0 unspecified atom stereocenters. The van der Waals surface area contributed by atoms with Gasteiger partial charge in [-0.15, -0.1) is 0 Å². The summed E-state index contributed by atoms with van der Waals surface area (Å²) >= 11 is 0. The lowest BCUT2D eigenvalue weighted by atomic mass is 10.0. The van der Waals surface area contributed by atoms with Gasteiger partial charge in [-0.1, -0.05) is 44.2 Å². The number of carbonyl (C=O) groups excluding carboxylic acids is 2. The number of amides is 3. The molecule has 22 heavy (non-hydrogen) atoms.